The van der Waals surface area contributed by atoms with Gasteiger partial charge in [-0.25, -0.2) is 0 Å². The molecule has 0 aliphatic carbocycles. The third-order valence-corrected chi connectivity index (χ3v) is 3.48. The van der Waals surface area contributed by atoms with Crippen molar-refractivity contribution in [1.29, 1.82) is 0 Å². The van der Waals surface area contributed by atoms with Crippen LogP contribution in [0.2, 0.25) is 0 Å². The first-order valence-corrected chi connectivity index (χ1v) is 6.85. The summed E-state index contributed by atoms with van der Waals surface area (Å²) in [6, 6.07) is 7.62. The molecule has 4 nitrogen and oxygen atoms in total. The van der Waals surface area contributed by atoms with Crippen LogP contribution < -0.4 is 5.32 Å². The van der Waals surface area contributed by atoms with Crippen LogP contribution in [0.1, 0.15) is 25.5 Å². The molecule has 1 aromatic rings. The lowest BCUT2D eigenvalue weighted by molar-refractivity contribution is -0.146. The maximum Gasteiger partial charge on any atom is 0.315 e. The smallest absolute Gasteiger partial charge is 0.315 e. The molecular formula is C13H17NO3S. The summed E-state index contributed by atoms with van der Waals surface area (Å²) in [6.07, 6.45) is 1.99. The highest BCUT2D eigenvalue weighted by Gasteiger charge is 2.22. The van der Waals surface area contributed by atoms with Gasteiger partial charge >= 0.3 is 5.97 Å². The summed E-state index contributed by atoms with van der Waals surface area (Å²) in [5.74, 6) is -2.61. The lowest BCUT2D eigenvalue weighted by atomic mass is 10.1. The molecule has 98 valence electrons. The Balaban J connectivity index is 2.67. The molecular weight excluding hydrogens is 250 g/mol. The highest BCUT2D eigenvalue weighted by Crippen LogP contribution is 2.19. The van der Waals surface area contributed by atoms with Crippen molar-refractivity contribution in [2.75, 3.05) is 6.26 Å². The zero-order valence-corrected chi connectivity index (χ0v) is 11.5. The van der Waals surface area contributed by atoms with Crippen molar-refractivity contribution in [2.45, 2.75) is 24.8 Å². The molecule has 0 bridgehead atoms. The minimum Gasteiger partial charge on any atom is -0.481 e. The van der Waals surface area contributed by atoms with Gasteiger partial charge in [-0.1, -0.05) is 12.1 Å². The highest BCUT2D eigenvalue weighted by atomic mass is 32.2. The Labute approximate surface area is 111 Å². The summed E-state index contributed by atoms with van der Waals surface area (Å²) >= 11 is 1.65. The number of nitrogens with one attached hydrogen (secondary N) is 1. The minimum atomic E-state index is -1.11. The number of carboxylic acids is 1. The normalized spacial score (nSPS) is 13.7. The van der Waals surface area contributed by atoms with Gasteiger partial charge in [0.25, 0.3) is 0 Å². The van der Waals surface area contributed by atoms with Crippen molar-refractivity contribution >= 4 is 23.6 Å². The van der Waals surface area contributed by atoms with Gasteiger partial charge in [-0.2, -0.15) is 0 Å². The Morgan fingerprint density at radius 2 is 1.78 bits per heavy atom. The average Bonchev–Trinajstić information content (AvgIpc) is 2.37. The van der Waals surface area contributed by atoms with E-state index in [1.165, 1.54) is 6.92 Å². The number of rotatable bonds is 5. The fraction of sp³-hybridized carbons (Fsp3) is 0.385. The van der Waals surface area contributed by atoms with Crippen LogP contribution in [0.5, 0.6) is 0 Å². The molecule has 0 saturated heterocycles. The molecule has 2 atom stereocenters. The van der Waals surface area contributed by atoms with E-state index in [1.807, 2.05) is 37.4 Å². The number of carbonyl (C=O) groups is 2. The van der Waals surface area contributed by atoms with E-state index in [1.54, 1.807) is 11.8 Å². The predicted octanol–water partition coefficient (Wildman–Crippen LogP) is 2.31. The minimum absolute atomic E-state index is 0.199. The molecule has 0 heterocycles. The molecule has 0 spiro atoms. The van der Waals surface area contributed by atoms with E-state index in [2.05, 4.69) is 5.32 Å². The van der Waals surface area contributed by atoms with Gasteiger partial charge in [0.1, 0.15) is 5.92 Å². The molecule has 2 N–H and O–H groups in total. The van der Waals surface area contributed by atoms with Gasteiger partial charge in [0.15, 0.2) is 0 Å². The zero-order chi connectivity index (χ0) is 13.7. The maximum atomic E-state index is 11.6. The summed E-state index contributed by atoms with van der Waals surface area (Å²) < 4.78 is 0. The molecule has 0 saturated carbocycles. The number of thioether (sulfide) groups is 1. The Morgan fingerprint density at radius 3 is 2.22 bits per heavy atom. The second kappa shape index (κ2) is 6.44. The summed E-state index contributed by atoms with van der Waals surface area (Å²) in [5, 5.41) is 11.4. The number of aliphatic carboxylic acids is 1. The molecule has 1 aromatic carbocycles. The molecule has 5 heteroatoms. The molecule has 0 radical (unpaired) electrons. The number of carbonyl (C=O) groups excluding carboxylic acids is 1. The molecule has 0 aliphatic rings. The van der Waals surface area contributed by atoms with E-state index in [4.69, 9.17) is 5.11 Å². The molecule has 1 amide bonds. The monoisotopic (exact) mass is 267 g/mol. The number of carboxylic acid groups (broad SMARTS) is 1. The van der Waals surface area contributed by atoms with E-state index < -0.39 is 17.8 Å². The molecule has 2 unspecified atom stereocenters. The Kier molecular flexibility index (Phi) is 5.22. The van der Waals surface area contributed by atoms with E-state index >= 15 is 0 Å². The van der Waals surface area contributed by atoms with Crippen LogP contribution in [0, 0.1) is 5.92 Å². The molecule has 0 fully saturated rings. The summed E-state index contributed by atoms with van der Waals surface area (Å²) in [6.45, 7) is 3.21. The third-order valence-electron chi connectivity index (χ3n) is 2.74. The van der Waals surface area contributed by atoms with Crippen LogP contribution in [0.3, 0.4) is 0 Å². The van der Waals surface area contributed by atoms with Crippen molar-refractivity contribution in [2.24, 2.45) is 5.92 Å². The number of hydrogen-bond donors (Lipinski definition) is 2. The standard InChI is InChI=1S/C13H17NO3S/c1-8(13(16)17)12(15)14-9(2)10-4-6-11(18-3)7-5-10/h4-9H,1-3H3,(H,14,15)(H,16,17). The van der Waals surface area contributed by atoms with Crippen molar-refractivity contribution in [3.8, 4) is 0 Å². The first kappa shape index (κ1) is 14.6. The Bertz CT molecular complexity index is 430. The SMILES string of the molecule is CSc1ccc(C(C)NC(=O)C(C)C(=O)O)cc1. The Hall–Kier alpha value is -1.49. The average molecular weight is 267 g/mol. The van der Waals surface area contributed by atoms with Crippen molar-refractivity contribution in [3.63, 3.8) is 0 Å². The quantitative estimate of drug-likeness (QED) is 0.634. The van der Waals surface area contributed by atoms with Gasteiger partial charge in [0.2, 0.25) is 5.91 Å². The largest absolute Gasteiger partial charge is 0.481 e. The van der Waals surface area contributed by atoms with Crippen LogP contribution >= 0.6 is 11.8 Å². The van der Waals surface area contributed by atoms with Crippen molar-refractivity contribution in [1.82, 2.24) is 5.32 Å². The molecule has 0 aromatic heterocycles. The first-order valence-electron chi connectivity index (χ1n) is 5.62. The van der Waals surface area contributed by atoms with E-state index in [0.29, 0.717) is 0 Å². The van der Waals surface area contributed by atoms with Crippen LogP contribution in [0.25, 0.3) is 0 Å². The first-order chi connectivity index (χ1) is 8.45. The second-order valence-electron chi connectivity index (χ2n) is 4.06. The fourth-order valence-electron chi connectivity index (χ4n) is 1.43. The lowest BCUT2D eigenvalue weighted by Gasteiger charge is -2.16. The van der Waals surface area contributed by atoms with E-state index in [-0.39, 0.29) is 6.04 Å². The lowest BCUT2D eigenvalue weighted by Crippen LogP contribution is -2.35. The van der Waals surface area contributed by atoms with E-state index in [9.17, 15) is 9.59 Å². The van der Waals surface area contributed by atoms with Crippen LogP contribution in [0.4, 0.5) is 0 Å². The number of hydrogen-bond acceptors (Lipinski definition) is 3. The fourth-order valence-corrected chi connectivity index (χ4v) is 1.83. The zero-order valence-electron chi connectivity index (χ0n) is 10.6. The van der Waals surface area contributed by atoms with Gasteiger partial charge in [0, 0.05) is 4.90 Å². The molecule has 0 aliphatic heterocycles. The van der Waals surface area contributed by atoms with Crippen LogP contribution in [0.15, 0.2) is 29.2 Å². The van der Waals surface area contributed by atoms with Crippen LogP contribution in [-0.4, -0.2) is 23.2 Å². The van der Waals surface area contributed by atoms with Gasteiger partial charge in [-0.05, 0) is 37.8 Å². The van der Waals surface area contributed by atoms with E-state index in [0.717, 1.165) is 10.5 Å². The van der Waals surface area contributed by atoms with Gasteiger partial charge < -0.3 is 10.4 Å². The number of benzene rings is 1. The summed E-state index contributed by atoms with van der Waals surface area (Å²) in [5.41, 5.74) is 0.957. The topological polar surface area (TPSA) is 66.4 Å². The van der Waals surface area contributed by atoms with Gasteiger partial charge in [-0.3, -0.25) is 9.59 Å². The summed E-state index contributed by atoms with van der Waals surface area (Å²) in [7, 11) is 0. The van der Waals surface area contributed by atoms with Crippen molar-refractivity contribution < 1.29 is 14.7 Å². The Morgan fingerprint density at radius 1 is 1.22 bits per heavy atom. The van der Waals surface area contributed by atoms with Crippen LogP contribution in [-0.2, 0) is 9.59 Å². The second-order valence-corrected chi connectivity index (χ2v) is 4.94. The number of amides is 1. The van der Waals surface area contributed by atoms with Gasteiger partial charge in [-0.15, -0.1) is 11.8 Å². The van der Waals surface area contributed by atoms with Crippen molar-refractivity contribution in [3.05, 3.63) is 29.8 Å². The molecule has 1 rings (SSSR count). The summed E-state index contributed by atoms with van der Waals surface area (Å²) in [4.78, 5) is 23.4. The van der Waals surface area contributed by atoms with Gasteiger partial charge in [0.05, 0.1) is 6.04 Å². The maximum absolute atomic E-state index is 11.6. The highest BCUT2D eigenvalue weighted by molar-refractivity contribution is 7.98. The third kappa shape index (κ3) is 3.77. The molecule has 18 heavy (non-hydrogen) atoms. The predicted molar refractivity (Wildman–Crippen MR) is 71.6 cm³/mol.